The summed E-state index contributed by atoms with van der Waals surface area (Å²) in [5.74, 6) is -0.956. The lowest BCUT2D eigenvalue weighted by Gasteiger charge is -2.15. The minimum Gasteiger partial charge on any atom is -0.322 e. The SMILES string of the molecule is CON(C)S(=O)(=O)c1ccc(NC(=O)c2ccccc2C(F)(F)F)cc1. The first-order valence-corrected chi connectivity index (χ1v) is 8.62. The molecule has 0 aliphatic rings. The Hall–Kier alpha value is -2.43. The van der Waals surface area contributed by atoms with Crippen LogP contribution in [0.15, 0.2) is 53.4 Å². The van der Waals surface area contributed by atoms with E-state index in [2.05, 4.69) is 10.2 Å². The number of hydroxylamine groups is 1. The second-order valence-electron chi connectivity index (χ2n) is 5.12. The number of benzene rings is 2. The van der Waals surface area contributed by atoms with E-state index >= 15 is 0 Å². The van der Waals surface area contributed by atoms with Crippen molar-refractivity contribution in [1.29, 1.82) is 0 Å². The first kappa shape index (κ1) is 19.9. The van der Waals surface area contributed by atoms with E-state index in [0.717, 1.165) is 12.1 Å². The number of sulfonamides is 1. The largest absolute Gasteiger partial charge is 0.417 e. The van der Waals surface area contributed by atoms with Crippen molar-refractivity contribution in [2.75, 3.05) is 19.5 Å². The van der Waals surface area contributed by atoms with Gasteiger partial charge in [0, 0.05) is 12.7 Å². The number of hydrogen-bond acceptors (Lipinski definition) is 4. The van der Waals surface area contributed by atoms with Gasteiger partial charge < -0.3 is 5.32 Å². The molecule has 0 heterocycles. The second kappa shape index (κ2) is 7.44. The van der Waals surface area contributed by atoms with E-state index in [-0.39, 0.29) is 10.6 Å². The van der Waals surface area contributed by atoms with Crippen LogP contribution < -0.4 is 5.32 Å². The Bertz CT molecular complexity index is 896. The number of alkyl halides is 3. The van der Waals surface area contributed by atoms with Gasteiger partial charge in [0.15, 0.2) is 0 Å². The molecule has 0 saturated carbocycles. The Morgan fingerprint density at radius 1 is 1.08 bits per heavy atom. The highest BCUT2D eigenvalue weighted by molar-refractivity contribution is 7.89. The molecule has 2 rings (SSSR count). The van der Waals surface area contributed by atoms with E-state index in [1.165, 1.54) is 50.6 Å². The van der Waals surface area contributed by atoms with E-state index in [1.807, 2.05) is 0 Å². The average Bonchev–Trinajstić information content (AvgIpc) is 2.60. The number of rotatable bonds is 5. The van der Waals surface area contributed by atoms with Crippen LogP contribution in [-0.2, 0) is 21.0 Å². The molecule has 6 nitrogen and oxygen atoms in total. The van der Waals surface area contributed by atoms with Crippen LogP contribution in [0, 0.1) is 0 Å². The second-order valence-corrected chi connectivity index (χ2v) is 7.05. The van der Waals surface area contributed by atoms with Crippen molar-refractivity contribution in [2.45, 2.75) is 11.1 Å². The molecular weight excluding hydrogens is 373 g/mol. The normalized spacial score (nSPS) is 12.2. The van der Waals surface area contributed by atoms with E-state index in [1.54, 1.807) is 0 Å². The van der Waals surface area contributed by atoms with Crippen LogP contribution in [0.5, 0.6) is 0 Å². The lowest BCUT2D eigenvalue weighted by atomic mass is 10.1. The summed E-state index contributed by atoms with van der Waals surface area (Å²) in [7, 11) is -1.47. The molecule has 0 unspecified atom stereocenters. The van der Waals surface area contributed by atoms with Crippen molar-refractivity contribution >= 4 is 21.6 Å². The van der Waals surface area contributed by atoms with Gasteiger partial charge in [0.25, 0.3) is 15.9 Å². The lowest BCUT2D eigenvalue weighted by molar-refractivity contribution is -0.137. The smallest absolute Gasteiger partial charge is 0.322 e. The molecule has 0 saturated heterocycles. The maximum absolute atomic E-state index is 13.0. The van der Waals surface area contributed by atoms with Crippen LogP contribution in [0.1, 0.15) is 15.9 Å². The quantitative estimate of drug-likeness (QED) is 0.799. The lowest BCUT2D eigenvalue weighted by Crippen LogP contribution is -2.25. The fourth-order valence-corrected chi connectivity index (χ4v) is 3.06. The van der Waals surface area contributed by atoms with Crippen LogP contribution >= 0.6 is 0 Å². The molecule has 0 bridgehead atoms. The van der Waals surface area contributed by atoms with Gasteiger partial charge in [0.1, 0.15) is 0 Å². The maximum atomic E-state index is 13.0. The summed E-state index contributed by atoms with van der Waals surface area (Å²) < 4.78 is 63.7. The highest BCUT2D eigenvalue weighted by Crippen LogP contribution is 2.32. The summed E-state index contributed by atoms with van der Waals surface area (Å²) in [5.41, 5.74) is -1.44. The number of anilines is 1. The fourth-order valence-electron chi connectivity index (χ4n) is 2.08. The summed E-state index contributed by atoms with van der Waals surface area (Å²) >= 11 is 0. The monoisotopic (exact) mass is 388 g/mol. The third-order valence-electron chi connectivity index (χ3n) is 3.48. The summed E-state index contributed by atoms with van der Waals surface area (Å²) in [6.45, 7) is 0. The number of carbonyl (C=O) groups excluding carboxylic acids is 1. The van der Waals surface area contributed by atoms with Gasteiger partial charge in [-0.2, -0.15) is 13.2 Å². The van der Waals surface area contributed by atoms with Crippen molar-refractivity contribution < 1.29 is 31.2 Å². The predicted octanol–water partition coefficient (Wildman–Crippen LogP) is 3.14. The predicted molar refractivity (Wildman–Crippen MR) is 87.8 cm³/mol. The Kier molecular flexibility index (Phi) is 5.69. The molecule has 0 radical (unpaired) electrons. The molecule has 0 fully saturated rings. The van der Waals surface area contributed by atoms with Crippen LogP contribution in [0.25, 0.3) is 0 Å². The molecule has 0 aromatic heterocycles. The number of halogens is 3. The third-order valence-corrected chi connectivity index (χ3v) is 5.18. The van der Waals surface area contributed by atoms with E-state index in [4.69, 9.17) is 0 Å². The number of amides is 1. The van der Waals surface area contributed by atoms with Crippen molar-refractivity contribution in [2.24, 2.45) is 0 Å². The molecule has 0 aliphatic heterocycles. The average molecular weight is 388 g/mol. The van der Waals surface area contributed by atoms with Gasteiger partial charge in [-0.1, -0.05) is 16.6 Å². The van der Waals surface area contributed by atoms with Crippen molar-refractivity contribution in [3.8, 4) is 0 Å². The zero-order valence-corrected chi connectivity index (χ0v) is 14.6. The summed E-state index contributed by atoms with van der Waals surface area (Å²) in [5, 5.41) is 2.31. The van der Waals surface area contributed by atoms with Gasteiger partial charge in [-0.05, 0) is 36.4 Å². The first-order chi connectivity index (χ1) is 12.1. The van der Waals surface area contributed by atoms with Crippen molar-refractivity contribution in [3.63, 3.8) is 0 Å². The van der Waals surface area contributed by atoms with Gasteiger partial charge in [0.2, 0.25) is 0 Å². The van der Waals surface area contributed by atoms with E-state index in [0.29, 0.717) is 4.47 Å². The molecular formula is C16H15F3N2O4S. The molecule has 2 aromatic carbocycles. The molecule has 26 heavy (non-hydrogen) atoms. The highest BCUT2D eigenvalue weighted by Gasteiger charge is 2.34. The number of nitrogens with zero attached hydrogens (tertiary/aromatic N) is 1. The highest BCUT2D eigenvalue weighted by atomic mass is 32.2. The van der Waals surface area contributed by atoms with Crippen LogP contribution in [0.4, 0.5) is 18.9 Å². The van der Waals surface area contributed by atoms with E-state index < -0.39 is 33.2 Å². The fraction of sp³-hybridized carbons (Fsp3) is 0.188. The topological polar surface area (TPSA) is 75.7 Å². The van der Waals surface area contributed by atoms with Gasteiger partial charge in [-0.25, -0.2) is 8.42 Å². The molecule has 1 N–H and O–H groups in total. The van der Waals surface area contributed by atoms with Crippen molar-refractivity contribution in [3.05, 3.63) is 59.7 Å². The zero-order chi connectivity index (χ0) is 19.5. The zero-order valence-electron chi connectivity index (χ0n) is 13.7. The van der Waals surface area contributed by atoms with Gasteiger partial charge in [-0.15, -0.1) is 0 Å². The Balaban J connectivity index is 2.25. The summed E-state index contributed by atoms with van der Waals surface area (Å²) in [4.78, 5) is 16.7. The van der Waals surface area contributed by atoms with Crippen LogP contribution in [-0.4, -0.2) is 33.0 Å². The molecule has 1 amide bonds. The Labute approximate surface area is 148 Å². The van der Waals surface area contributed by atoms with Crippen molar-refractivity contribution in [1.82, 2.24) is 4.47 Å². The van der Waals surface area contributed by atoms with Gasteiger partial charge in [0.05, 0.1) is 23.1 Å². The molecule has 0 atom stereocenters. The Morgan fingerprint density at radius 2 is 1.65 bits per heavy atom. The Morgan fingerprint density at radius 3 is 2.19 bits per heavy atom. The van der Waals surface area contributed by atoms with E-state index in [9.17, 15) is 26.4 Å². The number of carbonyl (C=O) groups is 1. The maximum Gasteiger partial charge on any atom is 0.417 e. The van der Waals surface area contributed by atoms with Crippen LogP contribution in [0.3, 0.4) is 0 Å². The molecule has 2 aromatic rings. The van der Waals surface area contributed by atoms with Gasteiger partial charge >= 0.3 is 6.18 Å². The minimum absolute atomic E-state index is 0.101. The first-order valence-electron chi connectivity index (χ1n) is 7.18. The summed E-state index contributed by atoms with van der Waals surface area (Å²) in [6.07, 6.45) is -4.67. The number of hydrogen-bond donors (Lipinski definition) is 1. The minimum atomic E-state index is -4.67. The molecule has 140 valence electrons. The number of nitrogens with one attached hydrogen (secondary N) is 1. The molecule has 10 heteroatoms. The van der Waals surface area contributed by atoms with Crippen LogP contribution in [0.2, 0.25) is 0 Å². The molecule has 0 spiro atoms. The molecule has 0 aliphatic carbocycles. The summed E-state index contributed by atoms with van der Waals surface area (Å²) in [6, 6.07) is 9.32. The standard InChI is InChI=1S/C16H15F3N2O4S/c1-21(25-2)26(23,24)12-9-7-11(8-10-12)20-15(22)13-5-3-4-6-14(13)16(17,18)19/h3-10H,1-2H3,(H,20,22). The third kappa shape index (κ3) is 4.21. The van der Waals surface area contributed by atoms with Gasteiger partial charge in [-0.3, -0.25) is 9.63 Å².